The lowest BCUT2D eigenvalue weighted by atomic mass is 9.86. The zero-order chi connectivity index (χ0) is 16.1. The van der Waals surface area contributed by atoms with Gasteiger partial charge in [-0.05, 0) is 43.7 Å². The molecule has 4 heteroatoms. The number of amides is 1. The molecule has 0 saturated heterocycles. The van der Waals surface area contributed by atoms with E-state index in [4.69, 9.17) is 0 Å². The van der Waals surface area contributed by atoms with E-state index in [1.807, 2.05) is 24.1 Å². The minimum Gasteiger partial charge on any atom is -0.343 e. The van der Waals surface area contributed by atoms with Gasteiger partial charge in [0.15, 0.2) is 5.78 Å². The van der Waals surface area contributed by atoms with Crippen molar-refractivity contribution in [1.29, 1.82) is 0 Å². The van der Waals surface area contributed by atoms with E-state index in [1.54, 1.807) is 12.1 Å². The molecule has 0 unspecified atom stereocenters. The van der Waals surface area contributed by atoms with Crippen molar-refractivity contribution < 1.29 is 9.59 Å². The zero-order valence-electron chi connectivity index (χ0n) is 13.3. The molecule has 0 atom stereocenters. The number of hydrogen-bond acceptors (Lipinski definition) is 2. The van der Waals surface area contributed by atoms with Crippen LogP contribution in [0.25, 0.3) is 0 Å². The number of benzene rings is 1. The van der Waals surface area contributed by atoms with Crippen LogP contribution >= 0.6 is 15.9 Å². The van der Waals surface area contributed by atoms with Gasteiger partial charge in [-0.25, -0.2) is 0 Å². The number of Topliss-reactive ketones (excluding diaryl/α,β-unsaturated/α-hetero) is 1. The lowest BCUT2D eigenvalue weighted by Gasteiger charge is -2.33. The first-order valence-corrected chi connectivity index (χ1v) is 8.81. The van der Waals surface area contributed by atoms with Crippen LogP contribution in [-0.4, -0.2) is 29.7 Å². The Morgan fingerprint density at radius 3 is 2.27 bits per heavy atom. The molecule has 2 rings (SSSR count). The molecule has 120 valence electrons. The van der Waals surface area contributed by atoms with Crippen LogP contribution in [0.4, 0.5) is 0 Å². The van der Waals surface area contributed by atoms with E-state index in [0.717, 1.165) is 23.2 Å². The topological polar surface area (TPSA) is 37.4 Å². The van der Waals surface area contributed by atoms with Gasteiger partial charge in [-0.3, -0.25) is 9.59 Å². The van der Waals surface area contributed by atoms with Crippen LogP contribution in [0, 0.1) is 5.92 Å². The average molecular weight is 366 g/mol. The quantitative estimate of drug-likeness (QED) is 0.722. The van der Waals surface area contributed by atoms with Gasteiger partial charge < -0.3 is 4.90 Å². The van der Waals surface area contributed by atoms with Gasteiger partial charge in [-0.15, -0.1) is 0 Å². The molecule has 0 aliphatic heterocycles. The third kappa shape index (κ3) is 4.67. The Labute approximate surface area is 141 Å². The second kappa shape index (κ2) is 7.91. The standard InChI is InChI=1S/C18H24BrNO2/c1-13-3-9-16(10-4-13)20(2)18(22)12-11-17(21)14-5-7-15(19)8-6-14/h5-8,13,16H,3-4,9-12H2,1-2H3. The molecule has 1 aromatic carbocycles. The van der Waals surface area contributed by atoms with E-state index in [9.17, 15) is 9.59 Å². The average Bonchev–Trinajstić information content (AvgIpc) is 2.53. The highest BCUT2D eigenvalue weighted by Gasteiger charge is 2.24. The molecule has 0 N–H and O–H groups in total. The van der Waals surface area contributed by atoms with E-state index in [0.29, 0.717) is 18.0 Å². The van der Waals surface area contributed by atoms with Crippen LogP contribution < -0.4 is 0 Å². The van der Waals surface area contributed by atoms with Gasteiger partial charge in [0.2, 0.25) is 5.91 Å². The van der Waals surface area contributed by atoms with Crippen molar-refractivity contribution in [1.82, 2.24) is 4.90 Å². The third-order valence-corrected chi connectivity index (χ3v) is 5.19. The van der Waals surface area contributed by atoms with Gasteiger partial charge in [0.25, 0.3) is 0 Å². The monoisotopic (exact) mass is 365 g/mol. The van der Waals surface area contributed by atoms with Crippen LogP contribution in [0.5, 0.6) is 0 Å². The number of carbonyl (C=O) groups excluding carboxylic acids is 2. The lowest BCUT2D eigenvalue weighted by molar-refractivity contribution is -0.132. The molecule has 0 aromatic heterocycles. The van der Waals surface area contributed by atoms with Crippen molar-refractivity contribution in [2.24, 2.45) is 5.92 Å². The van der Waals surface area contributed by atoms with Crippen LogP contribution in [-0.2, 0) is 4.79 Å². The maximum Gasteiger partial charge on any atom is 0.223 e. The molecule has 1 aromatic rings. The van der Waals surface area contributed by atoms with Crippen molar-refractivity contribution >= 4 is 27.6 Å². The van der Waals surface area contributed by atoms with E-state index in [-0.39, 0.29) is 18.1 Å². The Hall–Kier alpha value is -1.16. The summed E-state index contributed by atoms with van der Waals surface area (Å²) in [4.78, 5) is 26.3. The predicted molar refractivity (Wildman–Crippen MR) is 91.9 cm³/mol. The molecule has 1 amide bonds. The first-order chi connectivity index (χ1) is 10.5. The fourth-order valence-corrected chi connectivity index (χ4v) is 3.27. The Kier molecular flexibility index (Phi) is 6.18. The smallest absolute Gasteiger partial charge is 0.223 e. The summed E-state index contributed by atoms with van der Waals surface area (Å²) < 4.78 is 0.950. The van der Waals surface area contributed by atoms with Crippen molar-refractivity contribution in [2.45, 2.75) is 51.5 Å². The molecule has 0 bridgehead atoms. The number of rotatable bonds is 5. The van der Waals surface area contributed by atoms with Gasteiger partial charge in [-0.1, -0.05) is 35.0 Å². The number of carbonyl (C=O) groups is 2. The summed E-state index contributed by atoms with van der Waals surface area (Å²) in [6, 6.07) is 7.65. The molecule has 3 nitrogen and oxygen atoms in total. The first-order valence-electron chi connectivity index (χ1n) is 8.02. The maximum atomic E-state index is 12.3. The van der Waals surface area contributed by atoms with Crippen molar-refractivity contribution in [3.63, 3.8) is 0 Å². The number of ketones is 1. The number of hydrogen-bond donors (Lipinski definition) is 0. The molecule has 0 heterocycles. The van der Waals surface area contributed by atoms with E-state index >= 15 is 0 Å². The summed E-state index contributed by atoms with van der Waals surface area (Å²) in [5, 5.41) is 0. The summed E-state index contributed by atoms with van der Waals surface area (Å²) in [6.07, 6.45) is 5.15. The molecule has 22 heavy (non-hydrogen) atoms. The normalized spacial score (nSPS) is 21.4. The SMILES string of the molecule is CC1CCC(N(C)C(=O)CCC(=O)c2ccc(Br)cc2)CC1. The molecule has 1 aliphatic rings. The van der Waals surface area contributed by atoms with Crippen LogP contribution in [0.1, 0.15) is 55.8 Å². The molecule has 1 fully saturated rings. The Morgan fingerprint density at radius 1 is 1.09 bits per heavy atom. The van der Waals surface area contributed by atoms with Crippen molar-refractivity contribution in [3.05, 3.63) is 34.3 Å². The number of halogens is 1. The summed E-state index contributed by atoms with van der Waals surface area (Å²) in [6.45, 7) is 2.27. The second-order valence-electron chi connectivity index (χ2n) is 6.35. The van der Waals surface area contributed by atoms with Crippen LogP contribution in [0.2, 0.25) is 0 Å². The lowest BCUT2D eigenvalue weighted by Crippen LogP contribution is -2.39. The Balaban J connectivity index is 1.81. The summed E-state index contributed by atoms with van der Waals surface area (Å²) in [7, 11) is 1.88. The fourth-order valence-electron chi connectivity index (χ4n) is 3.01. The molecule has 0 spiro atoms. The molecular weight excluding hydrogens is 342 g/mol. The third-order valence-electron chi connectivity index (χ3n) is 4.66. The highest BCUT2D eigenvalue weighted by molar-refractivity contribution is 9.10. The second-order valence-corrected chi connectivity index (χ2v) is 7.26. The van der Waals surface area contributed by atoms with Crippen LogP contribution in [0.3, 0.4) is 0 Å². The van der Waals surface area contributed by atoms with E-state index in [1.165, 1.54) is 12.8 Å². The number of nitrogens with zero attached hydrogens (tertiary/aromatic N) is 1. The molecule has 1 saturated carbocycles. The first kappa shape index (κ1) is 17.2. The van der Waals surface area contributed by atoms with Gasteiger partial charge in [0.1, 0.15) is 0 Å². The molecule has 1 aliphatic carbocycles. The summed E-state index contributed by atoms with van der Waals surface area (Å²) in [5.74, 6) is 0.898. The zero-order valence-corrected chi connectivity index (χ0v) is 14.9. The van der Waals surface area contributed by atoms with Crippen LogP contribution in [0.15, 0.2) is 28.7 Å². The minimum absolute atomic E-state index is 0.0338. The summed E-state index contributed by atoms with van der Waals surface area (Å²) in [5.41, 5.74) is 0.671. The Morgan fingerprint density at radius 2 is 1.68 bits per heavy atom. The van der Waals surface area contributed by atoms with E-state index in [2.05, 4.69) is 22.9 Å². The van der Waals surface area contributed by atoms with Gasteiger partial charge in [0, 0.05) is 36.0 Å². The highest BCUT2D eigenvalue weighted by Crippen LogP contribution is 2.26. The Bertz CT molecular complexity index is 518. The van der Waals surface area contributed by atoms with Crippen molar-refractivity contribution in [3.8, 4) is 0 Å². The highest BCUT2D eigenvalue weighted by atomic mass is 79.9. The van der Waals surface area contributed by atoms with Crippen molar-refractivity contribution in [2.75, 3.05) is 7.05 Å². The van der Waals surface area contributed by atoms with Gasteiger partial charge in [-0.2, -0.15) is 0 Å². The van der Waals surface area contributed by atoms with Gasteiger partial charge >= 0.3 is 0 Å². The van der Waals surface area contributed by atoms with Gasteiger partial charge in [0.05, 0.1) is 0 Å². The maximum absolute atomic E-state index is 12.3. The predicted octanol–water partition coefficient (Wildman–Crippen LogP) is 4.45. The molecular formula is C18H24BrNO2. The van der Waals surface area contributed by atoms with E-state index < -0.39 is 0 Å². The minimum atomic E-state index is 0.0338. The summed E-state index contributed by atoms with van der Waals surface area (Å²) >= 11 is 3.35. The fraction of sp³-hybridized carbons (Fsp3) is 0.556. The molecule has 0 radical (unpaired) electrons. The largest absolute Gasteiger partial charge is 0.343 e.